The van der Waals surface area contributed by atoms with Gasteiger partial charge in [0.15, 0.2) is 5.65 Å². The van der Waals surface area contributed by atoms with Crippen LogP contribution in [0.2, 0.25) is 0 Å². The Bertz CT molecular complexity index is 841. The molecular formula is C18H24N6O2. The first-order valence-corrected chi connectivity index (χ1v) is 9.14. The second-order valence-corrected chi connectivity index (χ2v) is 7.41. The van der Waals surface area contributed by atoms with E-state index in [-0.39, 0.29) is 17.9 Å². The van der Waals surface area contributed by atoms with Crippen LogP contribution >= 0.6 is 0 Å². The molecule has 4 rings (SSSR count). The molecule has 2 aromatic rings. The number of nitrogens with zero attached hydrogens (tertiary/aromatic N) is 5. The van der Waals surface area contributed by atoms with Gasteiger partial charge in [-0.1, -0.05) is 0 Å². The van der Waals surface area contributed by atoms with E-state index in [9.17, 15) is 9.59 Å². The molecule has 2 aliphatic rings. The number of hydrogen-bond acceptors (Lipinski definition) is 4. The molecule has 1 N–H and O–H groups in total. The van der Waals surface area contributed by atoms with E-state index in [0.29, 0.717) is 24.7 Å². The maximum absolute atomic E-state index is 12.4. The predicted molar refractivity (Wildman–Crippen MR) is 96.1 cm³/mol. The van der Waals surface area contributed by atoms with E-state index in [1.165, 1.54) is 6.42 Å². The Balaban J connectivity index is 1.55. The van der Waals surface area contributed by atoms with Gasteiger partial charge in [0.25, 0.3) is 5.91 Å². The Hall–Kier alpha value is -2.64. The summed E-state index contributed by atoms with van der Waals surface area (Å²) < 4.78 is 1.89. The number of urea groups is 1. The van der Waals surface area contributed by atoms with E-state index in [1.807, 2.05) is 21.6 Å². The second kappa shape index (κ2) is 6.59. The molecule has 2 fully saturated rings. The van der Waals surface area contributed by atoms with E-state index in [1.54, 1.807) is 25.1 Å². The fourth-order valence-corrected chi connectivity index (χ4v) is 3.57. The quantitative estimate of drug-likeness (QED) is 0.903. The van der Waals surface area contributed by atoms with E-state index in [4.69, 9.17) is 0 Å². The molecule has 1 atom stereocenters. The number of amides is 3. The molecule has 1 saturated heterocycles. The third kappa shape index (κ3) is 3.00. The molecule has 8 heteroatoms. The van der Waals surface area contributed by atoms with Crippen LogP contribution in [0.4, 0.5) is 4.79 Å². The zero-order valence-electron chi connectivity index (χ0n) is 15.2. The lowest BCUT2D eigenvalue weighted by atomic mass is 9.93. The van der Waals surface area contributed by atoms with Crippen molar-refractivity contribution < 1.29 is 9.59 Å². The van der Waals surface area contributed by atoms with Crippen LogP contribution in [0.25, 0.3) is 5.65 Å². The first kappa shape index (κ1) is 16.8. The van der Waals surface area contributed by atoms with Crippen LogP contribution in [0.3, 0.4) is 0 Å². The lowest BCUT2D eigenvalue weighted by Gasteiger charge is -2.26. The van der Waals surface area contributed by atoms with Crippen LogP contribution in [0, 0.1) is 0 Å². The van der Waals surface area contributed by atoms with Crippen LogP contribution < -0.4 is 5.32 Å². The molecule has 2 aromatic heterocycles. The van der Waals surface area contributed by atoms with E-state index < -0.39 is 0 Å². The van der Waals surface area contributed by atoms with Gasteiger partial charge in [-0.05, 0) is 37.8 Å². The number of nitrogens with one attached hydrogen (secondary N) is 1. The minimum atomic E-state index is -0.0490. The molecule has 138 valence electrons. The average Bonchev–Trinajstić information content (AvgIpc) is 3.22. The van der Waals surface area contributed by atoms with Crippen molar-refractivity contribution in [2.24, 2.45) is 0 Å². The van der Waals surface area contributed by atoms with Crippen LogP contribution in [-0.2, 0) is 0 Å². The lowest BCUT2D eigenvalue weighted by Crippen LogP contribution is -2.39. The van der Waals surface area contributed by atoms with Gasteiger partial charge < -0.3 is 15.1 Å². The molecule has 8 nitrogen and oxygen atoms in total. The summed E-state index contributed by atoms with van der Waals surface area (Å²) in [5.41, 5.74) is 1.34. The Labute approximate surface area is 152 Å². The summed E-state index contributed by atoms with van der Waals surface area (Å²) in [6.45, 7) is 1.33. The van der Waals surface area contributed by atoms with Crippen molar-refractivity contribution in [2.75, 3.05) is 27.2 Å². The molecule has 1 unspecified atom stereocenters. The van der Waals surface area contributed by atoms with Gasteiger partial charge in [-0.3, -0.25) is 9.20 Å². The molecule has 0 spiro atoms. The van der Waals surface area contributed by atoms with Gasteiger partial charge in [-0.2, -0.15) is 0 Å². The summed E-state index contributed by atoms with van der Waals surface area (Å²) in [5.74, 6) is 0.887. The van der Waals surface area contributed by atoms with Crippen molar-refractivity contribution >= 4 is 17.6 Å². The number of likely N-dealkylation sites (tertiary alicyclic amines) is 1. The summed E-state index contributed by atoms with van der Waals surface area (Å²) >= 11 is 0. The van der Waals surface area contributed by atoms with Gasteiger partial charge in [-0.25, -0.2) is 4.79 Å². The maximum atomic E-state index is 12.4. The molecule has 3 amide bonds. The Morgan fingerprint density at radius 2 is 2.00 bits per heavy atom. The fraction of sp³-hybridized carbons (Fsp3) is 0.556. The predicted octanol–water partition coefficient (Wildman–Crippen LogP) is 1.48. The van der Waals surface area contributed by atoms with Crippen molar-refractivity contribution in [3.8, 4) is 0 Å². The third-order valence-electron chi connectivity index (χ3n) is 5.34. The second-order valence-electron chi connectivity index (χ2n) is 7.41. The number of pyridine rings is 1. The van der Waals surface area contributed by atoms with Crippen LogP contribution in [0.15, 0.2) is 18.3 Å². The summed E-state index contributed by atoms with van der Waals surface area (Å²) in [7, 11) is 3.52. The monoisotopic (exact) mass is 356 g/mol. The number of rotatable bonds is 3. The minimum absolute atomic E-state index is 0.0156. The SMILES string of the molecule is CN(C)C(=O)N1CCC(c2nnc3ccc(C(=O)NC4CCC4)cn23)C1. The molecule has 1 aliphatic carbocycles. The Morgan fingerprint density at radius 1 is 1.19 bits per heavy atom. The Morgan fingerprint density at radius 3 is 2.69 bits per heavy atom. The highest BCUT2D eigenvalue weighted by Crippen LogP contribution is 2.27. The van der Waals surface area contributed by atoms with Gasteiger partial charge in [0, 0.05) is 45.3 Å². The van der Waals surface area contributed by atoms with Gasteiger partial charge >= 0.3 is 6.03 Å². The highest BCUT2D eigenvalue weighted by atomic mass is 16.2. The zero-order chi connectivity index (χ0) is 18.3. The van der Waals surface area contributed by atoms with E-state index in [0.717, 1.165) is 30.7 Å². The minimum Gasteiger partial charge on any atom is -0.349 e. The molecule has 26 heavy (non-hydrogen) atoms. The highest BCUT2D eigenvalue weighted by molar-refractivity contribution is 5.94. The van der Waals surface area contributed by atoms with Crippen molar-refractivity contribution in [3.05, 3.63) is 29.7 Å². The number of carbonyl (C=O) groups is 2. The van der Waals surface area contributed by atoms with Gasteiger partial charge in [0.05, 0.1) is 5.56 Å². The topological polar surface area (TPSA) is 82.8 Å². The summed E-state index contributed by atoms with van der Waals surface area (Å²) in [6.07, 6.45) is 5.96. The molecule has 0 aromatic carbocycles. The molecule has 1 aliphatic heterocycles. The van der Waals surface area contributed by atoms with Crippen LogP contribution in [0.1, 0.15) is 47.8 Å². The molecule has 0 bridgehead atoms. The number of carbonyl (C=O) groups excluding carboxylic acids is 2. The maximum Gasteiger partial charge on any atom is 0.319 e. The van der Waals surface area contributed by atoms with Gasteiger partial charge in [0.1, 0.15) is 5.82 Å². The summed E-state index contributed by atoms with van der Waals surface area (Å²) in [4.78, 5) is 28.0. The standard InChI is InChI=1S/C18H24N6O2/c1-22(2)18(26)23-9-8-12(10-23)16-21-20-15-7-6-13(11-24(15)16)17(25)19-14-4-3-5-14/h6-7,11-12,14H,3-5,8-10H2,1-2H3,(H,19,25). The number of fused-ring (bicyclic) bond motifs is 1. The van der Waals surface area contributed by atoms with E-state index >= 15 is 0 Å². The van der Waals surface area contributed by atoms with Gasteiger partial charge in [0.2, 0.25) is 0 Å². The van der Waals surface area contributed by atoms with Crippen molar-refractivity contribution in [3.63, 3.8) is 0 Å². The Kier molecular flexibility index (Phi) is 4.26. The first-order chi connectivity index (χ1) is 12.5. The molecular weight excluding hydrogens is 332 g/mol. The summed E-state index contributed by atoms with van der Waals surface area (Å²) in [6, 6.07) is 3.93. The largest absolute Gasteiger partial charge is 0.349 e. The summed E-state index contributed by atoms with van der Waals surface area (Å²) in [5, 5.41) is 11.6. The van der Waals surface area contributed by atoms with Crippen molar-refractivity contribution in [1.82, 2.24) is 29.7 Å². The third-order valence-corrected chi connectivity index (χ3v) is 5.34. The molecule has 0 radical (unpaired) electrons. The van der Waals surface area contributed by atoms with Crippen molar-refractivity contribution in [2.45, 2.75) is 37.6 Å². The highest BCUT2D eigenvalue weighted by Gasteiger charge is 2.31. The molecule has 3 heterocycles. The van der Waals surface area contributed by atoms with Crippen LogP contribution in [-0.4, -0.2) is 69.6 Å². The normalized spacial score (nSPS) is 20.2. The average molecular weight is 356 g/mol. The number of aromatic nitrogens is 3. The van der Waals surface area contributed by atoms with Gasteiger partial charge in [-0.15, -0.1) is 10.2 Å². The smallest absolute Gasteiger partial charge is 0.319 e. The zero-order valence-corrected chi connectivity index (χ0v) is 15.2. The first-order valence-electron chi connectivity index (χ1n) is 9.14. The van der Waals surface area contributed by atoms with E-state index in [2.05, 4.69) is 15.5 Å². The van der Waals surface area contributed by atoms with Crippen molar-refractivity contribution in [1.29, 1.82) is 0 Å². The number of hydrogen-bond donors (Lipinski definition) is 1. The molecule has 1 saturated carbocycles. The lowest BCUT2D eigenvalue weighted by molar-refractivity contribution is 0.0916. The fourth-order valence-electron chi connectivity index (χ4n) is 3.57. The van der Waals surface area contributed by atoms with Crippen LogP contribution in [0.5, 0.6) is 0 Å².